The Kier molecular flexibility index (Phi) is 4.58. The smallest absolute Gasteiger partial charge is 0.00449 e. The summed E-state index contributed by atoms with van der Waals surface area (Å²) >= 11 is 0. The van der Waals surface area contributed by atoms with Gasteiger partial charge in [-0.05, 0) is 48.5 Å². The van der Waals surface area contributed by atoms with Gasteiger partial charge < -0.3 is 0 Å². The minimum absolute atomic E-state index is 0.346. The quantitative estimate of drug-likeness (QED) is 0.428. The first-order chi connectivity index (χ1) is 7.56. The van der Waals surface area contributed by atoms with Gasteiger partial charge in [0.15, 0.2) is 0 Å². The molecule has 90 valence electrons. The summed E-state index contributed by atoms with van der Waals surface area (Å²) in [5.74, 6) is 1.53. The topological polar surface area (TPSA) is 0 Å². The molecule has 0 fully saturated rings. The van der Waals surface area contributed by atoms with Crippen LogP contribution in [0.4, 0.5) is 0 Å². The molecule has 0 nitrogen and oxygen atoms in total. The third-order valence-corrected chi connectivity index (χ3v) is 4.20. The van der Waals surface area contributed by atoms with Crippen molar-refractivity contribution < 1.29 is 0 Å². The molecule has 1 aliphatic carbocycles. The summed E-state index contributed by atoms with van der Waals surface area (Å²) in [6, 6.07) is 0. The second-order valence-corrected chi connectivity index (χ2v) is 5.55. The average Bonchev–Trinajstić information content (AvgIpc) is 2.56. The highest BCUT2D eigenvalue weighted by Gasteiger charge is 2.40. The van der Waals surface area contributed by atoms with Crippen LogP contribution in [0.1, 0.15) is 46.5 Å². The van der Waals surface area contributed by atoms with Gasteiger partial charge in [0.1, 0.15) is 0 Å². The van der Waals surface area contributed by atoms with Gasteiger partial charge >= 0.3 is 0 Å². The maximum atomic E-state index is 3.97. The van der Waals surface area contributed by atoms with Crippen molar-refractivity contribution in [2.24, 2.45) is 17.3 Å². The molecule has 1 aliphatic rings. The minimum Gasteiger partial charge on any atom is -0.103 e. The highest BCUT2D eigenvalue weighted by molar-refractivity contribution is 5.30. The van der Waals surface area contributed by atoms with Gasteiger partial charge in [-0.15, -0.1) is 6.58 Å². The summed E-state index contributed by atoms with van der Waals surface area (Å²) in [5.41, 5.74) is 1.81. The van der Waals surface area contributed by atoms with Crippen LogP contribution in [0.15, 0.2) is 37.0 Å². The Morgan fingerprint density at radius 2 is 2.19 bits per heavy atom. The fourth-order valence-electron chi connectivity index (χ4n) is 3.23. The molecule has 16 heavy (non-hydrogen) atoms. The lowest BCUT2D eigenvalue weighted by Gasteiger charge is -2.36. The molecule has 1 rings (SSSR count). The van der Waals surface area contributed by atoms with E-state index in [0.29, 0.717) is 5.41 Å². The van der Waals surface area contributed by atoms with Crippen LogP contribution < -0.4 is 0 Å². The van der Waals surface area contributed by atoms with Crippen molar-refractivity contribution in [3.8, 4) is 0 Å². The summed E-state index contributed by atoms with van der Waals surface area (Å²) in [6.07, 6.45) is 11.4. The van der Waals surface area contributed by atoms with E-state index >= 15 is 0 Å². The molecule has 0 aromatic heterocycles. The first-order valence-corrected chi connectivity index (χ1v) is 6.50. The average molecular weight is 218 g/mol. The monoisotopic (exact) mass is 218 g/mol. The first-order valence-electron chi connectivity index (χ1n) is 6.50. The molecular formula is C16H26. The van der Waals surface area contributed by atoms with Crippen molar-refractivity contribution in [2.45, 2.75) is 46.5 Å². The van der Waals surface area contributed by atoms with Crippen LogP contribution in [-0.4, -0.2) is 0 Å². The highest BCUT2D eigenvalue weighted by Crippen LogP contribution is 2.50. The Morgan fingerprint density at radius 1 is 1.50 bits per heavy atom. The summed E-state index contributed by atoms with van der Waals surface area (Å²) in [7, 11) is 0. The Labute approximate surface area is 101 Å². The fraction of sp³-hybridized carbons (Fsp3) is 0.625. The van der Waals surface area contributed by atoms with Crippen molar-refractivity contribution in [3.05, 3.63) is 37.0 Å². The lowest BCUT2D eigenvalue weighted by Crippen LogP contribution is -2.28. The van der Waals surface area contributed by atoms with Crippen LogP contribution in [0.25, 0.3) is 0 Å². The third-order valence-electron chi connectivity index (χ3n) is 4.20. The largest absolute Gasteiger partial charge is 0.103 e. The van der Waals surface area contributed by atoms with Crippen LogP contribution >= 0.6 is 0 Å². The Morgan fingerprint density at radius 3 is 2.69 bits per heavy atom. The maximum Gasteiger partial charge on any atom is -0.00449 e. The molecule has 0 heteroatoms. The van der Waals surface area contributed by atoms with E-state index in [1.165, 1.54) is 24.8 Å². The minimum atomic E-state index is 0.346. The van der Waals surface area contributed by atoms with E-state index in [9.17, 15) is 0 Å². The summed E-state index contributed by atoms with van der Waals surface area (Å²) < 4.78 is 0. The lowest BCUT2D eigenvalue weighted by molar-refractivity contribution is 0.185. The number of unbranched alkanes of at least 4 members (excludes halogenated alkanes) is 1. The van der Waals surface area contributed by atoms with Crippen LogP contribution in [0.5, 0.6) is 0 Å². The van der Waals surface area contributed by atoms with Gasteiger partial charge in [-0.1, -0.05) is 45.6 Å². The van der Waals surface area contributed by atoms with Crippen LogP contribution in [0.3, 0.4) is 0 Å². The van der Waals surface area contributed by atoms with E-state index in [4.69, 9.17) is 0 Å². The van der Waals surface area contributed by atoms with Gasteiger partial charge in [0.25, 0.3) is 0 Å². The molecule has 0 aromatic carbocycles. The van der Waals surface area contributed by atoms with Gasteiger partial charge in [-0.3, -0.25) is 0 Å². The van der Waals surface area contributed by atoms with Crippen LogP contribution in [0, 0.1) is 17.3 Å². The Hall–Kier alpha value is -0.780. The molecule has 0 saturated carbocycles. The second-order valence-electron chi connectivity index (χ2n) is 5.55. The molecule has 0 N–H and O–H groups in total. The van der Waals surface area contributed by atoms with Gasteiger partial charge in [-0.2, -0.15) is 0 Å². The lowest BCUT2D eigenvalue weighted by atomic mass is 9.68. The second kappa shape index (κ2) is 5.52. The Bertz CT molecular complexity index is 282. The molecule has 0 saturated heterocycles. The van der Waals surface area contributed by atoms with Crippen molar-refractivity contribution in [2.75, 3.05) is 0 Å². The molecule has 0 unspecified atom stereocenters. The summed E-state index contributed by atoms with van der Waals surface area (Å²) in [4.78, 5) is 0. The predicted molar refractivity (Wildman–Crippen MR) is 73.4 cm³/mol. The van der Waals surface area contributed by atoms with E-state index < -0.39 is 0 Å². The molecule has 2 atom stereocenters. The van der Waals surface area contributed by atoms with Crippen LogP contribution in [0.2, 0.25) is 0 Å². The Balaban J connectivity index is 2.78. The zero-order valence-corrected chi connectivity index (χ0v) is 11.1. The summed E-state index contributed by atoms with van der Waals surface area (Å²) in [5, 5.41) is 0. The molecule has 0 aliphatic heterocycles. The van der Waals surface area contributed by atoms with Crippen molar-refractivity contribution in [3.63, 3.8) is 0 Å². The zero-order valence-electron chi connectivity index (χ0n) is 11.1. The van der Waals surface area contributed by atoms with E-state index in [2.05, 4.69) is 46.1 Å². The molecule has 0 aromatic rings. The molecule has 0 amide bonds. The predicted octanol–water partition coefficient (Wildman–Crippen LogP) is 5.14. The maximum absolute atomic E-state index is 3.97. The zero-order chi connectivity index (χ0) is 12.2. The standard InChI is InChI=1S/C16H26/c1-6-8-9-12-16(5)14(7-2)10-11-15(16)13(3)4/h6-7,10,13,15H,1-2,8-9,11-12H2,3-5H3/t15-,16+/m1/s1. The third kappa shape index (κ3) is 2.48. The van der Waals surface area contributed by atoms with Crippen molar-refractivity contribution in [1.82, 2.24) is 0 Å². The molecular weight excluding hydrogens is 192 g/mol. The van der Waals surface area contributed by atoms with Gasteiger partial charge in [0.2, 0.25) is 0 Å². The number of hydrogen-bond acceptors (Lipinski definition) is 0. The fourth-order valence-corrected chi connectivity index (χ4v) is 3.23. The first kappa shape index (κ1) is 13.3. The molecule has 0 radical (unpaired) electrons. The van der Waals surface area contributed by atoms with E-state index in [1.807, 2.05) is 6.08 Å². The molecule has 0 spiro atoms. The molecule has 0 bridgehead atoms. The van der Waals surface area contributed by atoms with Crippen molar-refractivity contribution in [1.29, 1.82) is 0 Å². The number of rotatable bonds is 6. The highest BCUT2D eigenvalue weighted by atomic mass is 14.4. The van der Waals surface area contributed by atoms with Crippen LogP contribution in [-0.2, 0) is 0 Å². The van der Waals surface area contributed by atoms with E-state index in [0.717, 1.165) is 18.3 Å². The van der Waals surface area contributed by atoms with Crippen molar-refractivity contribution >= 4 is 0 Å². The molecule has 0 heterocycles. The normalized spacial score (nSPS) is 29.2. The van der Waals surface area contributed by atoms with Gasteiger partial charge in [0.05, 0.1) is 0 Å². The summed E-state index contributed by atoms with van der Waals surface area (Å²) in [6.45, 7) is 14.9. The van der Waals surface area contributed by atoms with Gasteiger partial charge in [-0.25, -0.2) is 0 Å². The number of allylic oxidation sites excluding steroid dienone is 4. The van der Waals surface area contributed by atoms with E-state index in [-0.39, 0.29) is 0 Å². The van der Waals surface area contributed by atoms with Gasteiger partial charge in [0, 0.05) is 0 Å². The SMILES string of the molecule is C=CCCC[C@@]1(C)C(C=C)=CC[C@@H]1C(C)C. The van der Waals surface area contributed by atoms with E-state index in [1.54, 1.807) is 0 Å². The number of hydrogen-bond donors (Lipinski definition) is 0.